The van der Waals surface area contributed by atoms with E-state index in [9.17, 15) is 9.00 Å². The molecule has 30 heavy (non-hydrogen) atoms. The molecule has 4 rings (SSSR count). The summed E-state index contributed by atoms with van der Waals surface area (Å²) in [5, 5.41) is 3.22. The standard InChI is InChI=1S/C20H23ClN6O2S/c1-11-16-18(26-20(21)24-11)27(12(2)14-6-7-14)19(28)17(25-16)23-10-13-4-8-15(9-5-13)30(3,22)29/h4-5,8-9,12,14,22H,6-7,10H2,1-3H3,(H,23,25)/t12-,30?/m0/s1. The van der Waals surface area contributed by atoms with Crippen molar-refractivity contribution in [1.82, 2.24) is 19.5 Å². The van der Waals surface area contributed by atoms with E-state index in [-0.39, 0.29) is 22.7 Å². The Morgan fingerprint density at radius 1 is 1.27 bits per heavy atom. The maximum absolute atomic E-state index is 13.3. The van der Waals surface area contributed by atoms with Crippen molar-refractivity contribution in [1.29, 1.82) is 4.78 Å². The van der Waals surface area contributed by atoms with Gasteiger partial charge < -0.3 is 5.32 Å². The lowest BCUT2D eigenvalue weighted by Crippen LogP contribution is -2.29. The first-order valence-corrected chi connectivity index (χ1v) is 12.0. The highest BCUT2D eigenvalue weighted by molar-refractivity contribution is 7.91. The van der Waals surface area contributed by atoms with Gasteiger partial charge in [-0.15, -0.1) is 0 Å². The van der Waals surface area contributed by atoms with Crippen molar-refractivity contribution in [3.05, 3.63) is 51.2 Å². The van der Waals surface area contributed by atoms with Crippen molar-refractivity contribution < 1.29 is 4.21 Å². The molecule has 2 atom stereocenters. The first-order valence-electron chi connectivity index (χ1n) is 9.68. The van der Waals surface area contributed by atoms with Gasteiger partial charge in [-0.05, 0) is 61.9 Å². The summed E-state index contributed by atoms with van der Waals surface area (Å²) in [4.78, 5) is 26.7. The van der Waals surface area contributed by atoms with E-state index in [1.807, 2.05) is 6.92 Å². The van der Waals surface area contributed by atoms with E-state index in [1.165, 1.54) is 6.26 Å². The molecule has 158 valence electrons. The van der Waals surface area contributed by atoms with Crippen LogP contribution in [0.4, 0.5) is 5.82 Å². The van der Waals surface area contributed by atoms with Gasteiger partial charge in [-0.1, -0.05) is 12.1 Å². The molecule has 0 spiro atoms. The molecular weight excluding hydrogens is 424 g/mol. The summed E-state index contributed by atoms with van der Waals surface area (Å²) >= 11 is 6.06. The second-order valence-corrected chi connectivity index (χ2v) is 10.3. The van der Waals surface area contributed by atoms with Crippen LogP contribution in [0.3, 0.4) is 0 Å². The molecule has 1 aromatic carbocycles. The molecule has 2 heterocycles. The Kier molecular flexibility index (Phi) is 5.27. The fraction of sp³-hybridized carbons (Fsp3) is 0.400. The van der Waals surface area contributed by atoms with E-state index in [1.54, 1.807) is 35.8 Å². The lowest BCUT2D eigenvalue weighted by atomic mass is 10.2. The molecule has 1 aliphatic carbocycles. The zero-order valence-corrected chi connectivity index (χ0v) is 18.5. The summed E-state index contributed by atoms with van der Waals surface area (Å²) in [6, 6.07) is 6.92. The Balaban J connectivity index is 1.72. The van der Waals surface area contributed by atoms with Gasteiger partial charge in [0.05, 0.1) is 15.4 Å². The lowest BCUT2D eigenvalue weighted by Gasteiger charge is -2.19. The van der Waals surface area contributed by atoms with Crippen LogP contribution in [0.15, 0.2) is 34.0 Å². The van der Waals surface area contributed by atoms with Gasteiger partial charge in [0.2, 0.25) is 5.28 Å². The highest BCUT2D eigenvalue weighted by atomic mass is 35.5. The molecule has 2 N–H and O–H groups in total. The average molecular weight is 447 g/mol. The number of aromatic nitrogens is 4. The van der Waals surface area contributed by atoms with Crippen LogP contribution in [-0.2, 0) is 16.3 Å². The van der Waals surface area contributed by atoms with E-state index in [2.05, 4.69) is 20.3 Å². The van der Waals surface area contributed by atoms with Gasteiger partial charge in [0.15, 0.2) is 11.5 Å². The molecule has 1 saturated carbocycles. The minimum absolute atomic E-state index is 0.0111. The molecule has 1 fully saturated rings. The molecule has 0 bridgehead atoms. The highest BCUT2D eigenvalue weighted by Gasteiger charge is 2.32. The molecule has 10 heteroatoms. The number of aryl methyl sites for hydroxylation is 1. The second kappa shape index (κ2) is 7.63. The second-order valence-electron chi connectivity index (χ2n) is 7.81. The average Bonchev–Trinajstić information content (AvgIpc) is 3.51. The molecule has 0 radical (unpaired) electrons. The third kappa shape index (κ3) is 4.04. The Bertz CT molecular complexity index is 1280. The summed E-state index contributed by atoms with van der Waals surface area (Å²) < 4.78 is 21.2. The summed E-state index contributed by atoms with van der Waals surface area (Å²) in [6.07, 6.45) is 3.56. The minimum Gasteiger partial charge on any atom is -0.361 e. The lowest BCUT2D eigenvalue weighted by molar-refractivity contribution is 0.482. The van der Waals surface area contributed by atoms with Crippen LogP contribution in [-0.4, -0.2) is 30.0 Å². The van der Waals surface area contributed by atoms with Crippen molar-refractivity contribution in [3.63, 3.8) is 0 Å². The summed E-state index contributed by atoms with van der Waals surface area (Å²) in [5.41, 5.74) is 2.26. The van der Waals surface area contributed by atoms with Crippen LogP contribution < -0.4 is 10.9 Å². The normalized spacial score (nSPS) is 16.9. The van der Waals surface area contributed by atoms with Crippen molar-refractivity contribution in [2.75, 3.05) is 11.6 Å². The number of nitrogens with one attached hydrogen (secondary N) is 2. The number of anilines is 1. The first-order chi connectivity index (χ1) is 14.1. The molecule has 0 aliphatic heterocycles. The highest BCUT2D eigenvalue weighted by Crippen LogP contribution is 2.39. The van der Waals surface area contributed by atoms with Gasteiger partial charge in [0.1, 0.15) is 5.52 Å². The summed E-state index contributed by atoms with van der Waals surface area (Å²) in [7, 11) is -2.75. The number of benzene rings is 1. The molecule has 0 amide bonds. The zero-order chi connectivity index (χ0) is 21.6. The maximum Gasteiger partial charge on any atom is 0.295 e. The van der Waals surface area contributed by atoms with Gasteiger partial charge in [0, 0.05) is 23.7 Å². The first kappa shape index (κ1) is 20.7. The van der Waals surface area contributed by atoms with Gasteiger partial charge in [-0.2, -0.15) is 4.98 Å². The molecule has 1 aliphatic rings. The predicted molar refractivity (Wildman–Crippen MR) is 118 cm³/mol. The van der Waals surface area contributed by atoms with Gasteiger partial charge in [0.25, 0.3) is 5.56 Å². The Labute approximate surface area is 179 Å². The van der Waals surface area contributed by atoms with Crippen molar-refractivity contribution in [2.24, 2.45) is 5.92 Å². The number of rotatable bonds is 6. The van der Waals surface area contributed by atoms with Crippen LogP contribution in [0.25, 0.3) is 11.2 Å². The number of hydrogen-bond acceptors (Lipinski definition) is 7. The molecular formula is C20H23ClN6O2S. The third-order valence-corrected chi connectivity index (χ3v) is 6.77. The van der Waals surface area contributed by atoms with E-state index in [0.717, 1.165) is 18.4 Å². The fourth-order valence-electron chi connectivity index (χ4n) is 3.52. The van der Waals surface area contributed by atoms with Crippen LogP contribution in [0, 0.1) is 17.6 Å². The van der Waals surface area contributed by atoms with E-state index in [4.69, 9.17) is 16.4 Å². The molecule has 0 saturated heterocycles. The minimum atomic E-state index is -2.75. The maximum atomic E-state index is 13.3. The number of nitrogens with zero attached hydrogens (tertiary/aromatic N) is 4. The smallest absolute Gasteiger partial charge is 0.295 e. The van der Waals surface area contributed by atoms with Gasteiger partial charge in [-0.3, -0.25) is 9.36 Å². The largest absolute Gasteiger partial charge is 0.361 e. The van der Waals surface area contributed by atoms with Gasteiger partial charge >= 0.3 is 0 Å². The molecule has 1 unspecified atom stereocenters. The fourth-order valence-corrected chi connectivity index (χ4v) is 4.38. The molecule has 2 aromatic heterocycles. The quantitative estimate of drug-likeness (QED) is 0.557. The topological polar surface area (TPSA) is 114 Å². The number of halogens is 1. The molecule has 8 nitrogen and oxygen atoms in total. The van der Waals surface area contributed by atoms with Crippen LogP contribution in [0.1, 0.15) is 37.1 Å². The summed E-state index contributed by atoms with van der Waals surface area (Å²) in [6.45, 7) is 4.18. The van der Waals surface area contributed by atoms with Crippen molar-refractivity contribution in [3.8, 4) is 0 Å². The Morgan fingerprint density at radius 3 is 2.53 bits per heavy atom. The van der Waals surface area contributed by atoms with E-state index < -0.39 is 9.73 Å². The zero-order valence-electron chi connectivity index (χ0n) is 17.0. The third-order valence-electron chi connectivity index (χ3n) is 5.43. The SMILES string of the molecule is Cc1nc(Cl)nc2c1nc(NCc1ccc(S(C)(=N)=O)cc1)c(=O)n2[C@@H](C)C1CC1. The van der Waals surface area contributed by atoms with Crippen molar-refractivity contribution >= 4 is 38.3 Å². The van der Waals surface area contributed by atoms with Crippen LogP contribution >= 0.6 is 11.6 Å². The number of hydrogen-bond donors (Lipinski definition) is 2. The Morgan fingerprint density at radius 2 is 1.93 bits per heavy atom. The van der Waals surface area contributed by atoms with Crippen molar-refractivity contribution in [2.45, 2.75) is 44.2 Å². The monoisotopic (exact) mass is 446 g/mol. The summed E-state index contributed by atoms with van der Waals surface area (Å²) in [5.74, 6) is 0.671. The number of fused-ring (bicyclic) bond motifs is 1. The van der Waals surface area contributed by atoms with E-state index >= 15 is 0 Å². The van der Waals surface area contributed by atoms with Gasteiger partial charge in [-0.25, -0.2) is 19.0 Å². The van der Waals surface area contributed by atoms with Crippen LogP contribution in [0.5, 0.6) is 0 Å². The van der Waals surface area contributed by atoms with E-state index in [0.29, 0.717) is 34.2 Å². The van der Waals surface area contributed by atoms with Crippen LogP contribution in [0.2, 0.25) is 5.28 Å². The molecule has 3 aromatic rings. The Hall–Kier alpha value is -2.52. The predicted octanol–water partition coefficient (Wildman–Crippen LogP) is 3.77.